The standard InChI is InChI=1S/C16H15ClFNO4/c1-21-15-9-14(19)13(17)8-12(15)16(20)23-7-6-22-11-4-2-10(18)3-5-11/h2-5,8-9H,6-7,19H2,1H3. The highest BCUT2D eigenvalue weighted by Crippen LogP contribution is 2.29. The fourth-order valence-corrected chi connectivity index (χ4v) is 1.96. The molecule has 0 atom stereocenters. The lowest BCUT2D eigenvalue weighted by atomic mass is 10.2. The van der Waals surface area contributed by atoms with E-state index in [0.29, 0.717) is 11.4 Å². The van der Waals surface area contributed by atoms with Crippen LogP contribution in [0.4, 0.5) is 10.1 Å². The maximum atomic E-state index is 12.7. The van der Waals surface area contributed by atoms with Crippen LogP contribution in [-0.2, 0) is 4.74 Å². The molecule has 0 saturated carbocycles. The van der Waals surface area contributed by atoms with Crippen LogP contribution in [0.5, 0.6) is 11.5 Å². The molecule has 0 fully saturated rings. The van der Waals surface area contributed by atoms with Gasteiger partial charge in [0.25, 0.3) is 0 Å². The molecule has 2 rings (SSSR count). The SMILES string of the molecule is COc1cc(N)c(Cl)cc1C(=O)OCCOc1ccc(F)cc1. The minimum absolute atomic E-state index is 0.0152. The Labute approximate surface area is 137 Å². The number of nitrogens with two attached hydrogens (primary N) is 1. The summed E-state index contributed by atoms with van der Waals surface area (Å²) in [6, 6.07) is 8.37. The normalized spacial score (nSPS) is 10.2. The van der Waals surface area contributed by atoms with Crippen molar-refractivity contribution < 1.29 is 23.4 Å². The third-order valence-corrected chi connectivity index (χ3v) is 3.26. The molecule has 0 saturated heterocycles. The number of nitrogen functional groups attached to an aromatic ring is 1. The number of esters is 1. The summed E-state index contributed by atoms with van der Waals surface area (Å²) in [6.07, 6.45) is 0. The van der Waals surface area contributed by atoms with Crippen LogP contribution in [0.15, 0.2) is 36.4 Å². The van der Waals surface area contributed by atoms with Crippen molar-refractivity contribution in [2.24, 2.45) is 0 Å². The second-order valence-electron chi connectivity index (χ2n) is 4.51. The molecule has 2 aromatic carbocycles. The molecule has 0 aliphatic carbocycles. The molecule has 0 radical (unpaired) electrons. The zero-order valence-electron chi connectivity index (χ0n) is 12.3. The summed E-state index contributed by atoms with van der Waals surface area (Å²) in [6.45, 7) is 0.143. The van der Waals surface area contributed by atoms with Crippen LogP contribution in [-0.4, -0.2) is 26.3 Å². The van der Waals surface area contributed by atoms with E-state index in [-0.39, 0.29) is 35.4 Å². The summed E-state index contributed by atoms with van der Waals surface area (Å²) < 4.78 is 28.2. The van der Waals surface area contributed by atoms with Gasteiger partial charge in [-0.15, -0.1) is 0 Å². The number of methoxy groups -OCH3 is 1. The quantitative estimate of drug-likeness (QED) is 0.496. The minimum atomic E-state index is -0.605. The van der Waals surface area contributed by atoms with Gasteiger partial charge in [-0.05, 0) is 30.3 Å². The minimum Gasteiger partial charge on any atom is -0.496 e. The number of benzene rings is 2. The second kappa shape index (κ2) is 7.69. The highest BCUT2D eigenvalue weighted by atomic mass is 35.5. The molecule has 7 heteroatoms. The van der Waals surface area contributed by atoms with Gasteiger partial charge in [0.15, 0.2) is 0 Å². The predicted octanol–water partition coefficient (Wildman–Crippen LogP) is 3.31. The fraction of sp³-hybridized carbons (Fsp3) is 0.188. The average Bonchev–Trinajstić information content (AvgIpc) is 2.55. The maximum absolute atomic E-state index is 12.7. The first-order chi connectivity index (χ1) is 11.0. The number of carbonyl (C=O) groups excluding carboxylic acids is 1. The smallest absolute Gasteiger partial charge is 0.342 e. The van der Waals surface area contributed by atoms with Crippen LogP contribution in [0.1, 0.15) is 10.4 Å². The molecule has 0 aromatic heterocycles. The van der Waals surface area contributed by atoms with E-state index in [1.165, 1.54) is 43.5 Å². The molecule has 23 heavy (non-hydrogen) atoms. The van der Waals surface area contributed by atoms with Gasteiger partial charge in [-0.2, -0.15) is 0 Å². The Morgan fingerprint density at radius 1 is 1.22 bits per heavy atom. The van der Waals surface area contributed by atoms with E-state index in [9.17, 15) is 9.18 Å². The molecule has 2 N–H and O–H groups in total. The van der Waals surface area contributed by atoms with Crippen LogP contribution < -0.4 is 15.2 Å². The Kier molecular flexibility index (Phi) is 5.65. The Morgan fingerprint density at radius 2 is 1.91 bits per heavy atom. The predicted molar refractivity (Wildman–Crippen MR) is 84.6 cm³/mol. The molecule has 2 aromatic rings. The summed E-state index contributed by atoms with van der Waals surface area (Å²) >= 11 is 5.90. The third kappa shape index (κ3) is 4.50. The fourth-order valence-electron chi connectivity index (χ4n) is 1.80. The van der Waals surface area contributed by atoms with Crippen molar-refractivity contribution in [2.45, 2.75) is 0 Å². The van der Waals surface area contributed by atoms with E-state index >= 15 is 0 Å². The number of anilines is 1. The van der Waals surface area contributed by atoms with E-state index in [2.05, 4.69) is 0 Å². The number of rotatable bonds is 6. The Hall–Kier alpha value is -2.47. The second-order valence-corrected chi connectivity index (χ2v) is 4.92. The number of carbonyl (C=O) groups is 1. The van der Waals surface area contributed by atoms with Gasteiger partial charge in [0.1, 0.15) is 36.1 Å². The van der Waals surface area contributed by atoms with Crippen LogP contribution in [0, 0.1) is 5.82 Å². The van der Waals surface area contributed by atoms with Gasteiger partial charge in [-0.25, -0.2) is 9.18 Å². The first-order valence-corrected chi connectivity index (χ1v) is 7.07. The summed E-state index contributed by atoms with van der Waals surface area (Å²) in [5, 5.41) is 0.236. The number of ether oxygens (including phenoxy) is 3. The van der Waals surface area contributed by atoms with E-state index in [1.54, 1.807) is 0 Å². The van der Waals surface area contributed by atoms with Crippen molar-refractivity contribution in [3.63, 3.8) is 0 Å². The highest BCUT2D eigenvalue weighted by molar-refractivity contribution is 6.33. The van der Waals surface area contributed by atoms with Crippen molar-refractivity contribution in [3.05, 3.63) is 52.8 Å². The summed E-state index contributed by atoms with van der Waals surface area (Å²) in [4.78, 5) is 12.0. The topological polar surface area (TPSA) is 70.8 Å². The van der Waals surface area contributed by atoms with Gasteiger partial charge in [-0.3, -0.25) is 0 Å². The van der Waals surface area contributed by atoms with E-state index < -0.39 is 5.97 Å². The lowest BCUT2D eigenvalue weighted by Gasteiger charge is -2.11. The van der Waals surface area contributed by atoms with Gasteiger partial charge in [-0.1, -0.05) is 11.6 Å². The van der Waals surface area contributed by atoms with E-state index in [1.807, 2.05) is 0 Å². The van der Waals surface area contributed by atoms with Gasteiger partial charge >= 0.3 is 5.97 Å². The number of hydrogen-bond donors (Lipinski definition) is 1. The molecule has 0 heterocycles. The first-order valence-electron chi connectivity index (χ1n) is 6.69. The monoisotopic (exact) mass is 339 g/mol. The van der Waals surface area contributed by atoms with Crippen LogP contribution >= 0.6 is 11.6 Å². The lowest BCUT2D eigenvalue weighted by Crippen LogP contribution is -2.13. The first kappa shape index (κ1) is 16.9. The Balaban J connectivity index is 1.90. The third-order valence-electron chi connectivity index (χ3n) is 2.94. The van der Waals surface area contributed by atoms with Crippen LogP contribution in [0.3, 0.4) is 0 Å². The molecule has 0 aliphatic rings. The molecular formula is C16H15ClFNO4. The number of halogens is 2. The Bertz CT molecular complexity index is 691. The largest absolute Gasteiger partial charge is 0.496 e. The average molecular weight is 340 g/mol. The zero-order valence-corrected chi connectivity index (χ0v) is 13.1. The highest BCUT2D eigenvalue weighted by Gasteiger charge is 2.16. The number of hydrogen-bond acceptors (Lipinski definition) is 5. The Morgan fingerprint density at radius 3 is 2.57 bits per heavy atom. The van der Waals surface area contributed by atoms with Crippen molar-refractivity contribution >= 4 is 23.3 Å². The van der Waals surface area contributed by atoms with Crippen molar-refractivity contribution in [1.29, 1.82) is 0 Å². The molecule has 0 bridgehead atoms. The van der Waals surface area contributed by atoms with E-state index in [0.717, 1.165) is 0 Å². The lowest BCUT2D eigenvalue weighted by molar-refractivity contribution is 0.0447. The van der Waals surface area contributed by atoms with E-state index in [4.69, 9.17) is 31.5 Å². The zero-order chi connectivity index (χ0) is 16.8. The van der Waals surface area contributed by atoms with Gasteiger partial charge in [0, 0.05) is 6.07 Å². The molecule has 122 valence electrons. The van der Waals surface area contributed by atoms with Crippen molar-refractivity contribution in [3.8, 4) is 11.5 Å². The molecule has 0 unspecified atom stereocenters. The molecule has 0 amide bonds. The molecule has 0 aliphatic heterocycles. The summed E-state index contributed by atoms with van der Waals surface area (Å²) in [5.41, 5.74) is 6.13. The molecule has 5 nitrogen and oxygen atoms in total. The van der Waals surface area contributed by atoms with Gasteiger partial charge in [0.2, 0.25) is 0 Å². The summed E-state index contributed by atoms with van der Waals surface area (Å²) in [5.74, 6) is -0.200. The maximum Gasteiger partial charge on any atom is 0.342 e. The summed E-state index contributed by atoms with van der Waals surface area (Å²) in [7, 11) is 1.41. The van der Waals surface area contributed by atoms with Gasteiger partial charge < -0.3 is 19.9 Å². The van der Waals surface area contributed by atoms with Crippen molar-refractivity contribution in [2.75, 3.05) is 26.1 Å². The van der Waals surface area contributed by atoms with Crippen LogP contribution in [0.25, 0.3) is 0 Å². The molecule has 0 spiro atoms. The van der Waals surface area contributed by atoms with Crippen LogP contribution in [0.2, 0.25) is 5.02 Å². The van der Waals surface area contributed by atoms with Crippen molar-refractivity contribution in [1.82, 2.24) is 0 Å². The van der Waals surface area contributed by atoms with Gasteiger partial charge in [0.05, 0.1) is 17.8 Å². The molecular weight excluding hydrogens is 325 g/mol.